The van der Waals surface area contributed by atoms with E-state index in [1.54, 1.807) is 18.2 Å². The van der Waals surface area contributed by atoms with Gasteiger partial charge in [-0.2, -0.15) is 0 Å². The molecule has 2 N–H and O–H groups in total. The van der Waals surface area contributed by atoms with Gasteiger partial charge in [-0.25, -0.2) is 18.9 Å². The molecule has 0 spiro atoms. The molecule has 114 valence electrons. The molecule has 4 aromatic rings. The van der Waals surface area contributed by atoms with Crippen molar-refractivity contribution in [2.75, 3.05) is 5.73 Å². The Kier molecular flexibility index (Phi) is 3.06. The lowest BCUT2D eigenvalue weighted by Crippen LogP contribution is -2.22. The number of hydrogen-bond donors (Lipinski definition) is 1. The molecule has 4 rings (SSSR count). The number of nitrogen functional groups attached to an aromatic ring is 1. The Balaban J connectivity index is 2.00. The number of rotatable bonds is 2. The van der Waals surface area contributed by atoms with E-state index in [2.05, 4.69) is 10.1 Å². The second-order valence-corrected chi connectivity index (χ2v) is 5.65. The summed E-state index contributed by atoms with van der Waals surface area (Å²) in [7, 11) is 0. The third-order valence-electron chi connectivity index (χ3n) is 3.66. The van der Waals surface area contributed by atoms with E-state index >= 15 is 0 Å². The maximum absolute atomic E-state index is 12.7. The molecule has 0 bridgehead atoms. The van der Waals surface area contributed by atoms with E-state index < -0.39 is 0 Å². The van der Waals surface area contributed by atoms with Crippen LogP contribution in [0.15, 0.2) is 53.3 Å². The predicted molar refractivity (Wildman–Crippen MR) is 89.7 cm³/mol. The predicted octanol–water partition coefficient (Wildman–Crippen LogP) is 2.33. The van der Waals surface area contributed by atoms with E-state index in [4.69, 9.17) is 17.3 Å². The van der Waals surface area contributed by atoms with Crippen LogP contribution in [0, 0.1) is 0 Å². The third-order valence-corrected chi connectivity index (χ3v) is 3.90. The molecule has 7 heteroatoms. The maximum Gasteiger partial charge on any atom is 0.351 e. The Bertz CT molecular complexity index is 1080. The van der Waals surface area contributed by atoms with Crippen LogP contribution in [-0.2, 0) is 6.54 Å². The molecular weight excluding hydrogens is 314 g/mol. The molecular formula is C16H12ClN5O. The monoisotopic (exact) mass is 325 g/mol. The zero-order chi connectivity index (χ0) is 16.0. The number of nitrogens with two attached hydrogens (primary N) is 1. The molecule has 2 heterocycles. The summed E-state index contributed by atoms with van der Waals surface area (Å²) in [5.74, 6) is 0.212. The van der Waals surface area contributed by atoms with Crippen LogP contribution < -0.4 is 11.4 Å². The fourth-order valence-electron chi connectivity index (χ4n) is 2.60. The molecule has 0 amide bonds. The summed E-state index contributed by atoms with van der Waals surface area (Å²) in [4.78, 5) is 17.0. The Morgan fingerprint density at radius 3 is 2.70 bits per heavy atom. The second-order valence-electron chi connectivity index (χ2n) is 5.21. The Morgan fingerprint density at radius 1 is 1.13 bits per heavy atom. The average molecular weight is 326 g/mol. The summed E-state index contributed by atoms with van der Waals surface area (Å²) < 4.78 is 2.83. The van der Waals surface area contributed by atoms with Crippen molar-refractivity contribution in [2.45, 2.75) is 6.54 Å². The van der Waals surface area contributed by atoms with E-state index in [0.29, 0.717) is 28.2 Å². The van der Waals surface area contributed by atoms with Crippen molar-refractivity contribution in [2.24, 2.45) is 0 Å². The van der Waals surface area contributed by atoms with Gasteiger partial charge >= 0.3 is 5.69 Å². The number of aromatic nitrogens is 4. The topological polar surface area (TPSA) is 78.2 Å². The van der Waals surface area contributed by atoms with Gasteiger partial charge in [-0.05, 0) is 23.8 Å². The average Bonchev–Trinajstić information content (AvgIpc) is 2.87. The molecule has 0 aliphatic heterocycles. The third kappa shape index (κ3) is 2.24. The summed E-state index contributed by atoms with van der Waals surface area (Å²) >= 11 is 6.05. The van der Waals surface area contributed by atoms with Crippen LogP contribution in [0.25, 0.3) is 16.7 Å². The SMILES string of the molecule is Nc1nc2ccc(Cl)cc2n2c(=O)n(Cc3ccccc3)nc12. The molecule has 0 saturated carbocycles. The normalized spacial score (nSPS) is 11.3. The van der Waals surface area contributed by atoms with Gasteiger partial charge in [0, 0.05) is 5.02 Å². The molecule has 0 radical (unpaired) electrons. The second kappa shape index (κ2) is 5.10. The van der Waals surface area contributed by atoms with E-state index in [0.717, 1.165) is 5.56 Å². The highest BCUT2D eigenvalue weighted by molar-refractivity contribution is 6.31. The van der Waals surface area contributed by atoms with Gasteiger partial charge in [-0.15, -0.1) is 5.10 Å². The lowest BCUT2D eigenvalue weighted by atomic mass is 10.2. The molecule has 0 saturated heterocycles. The molecule has 23 heavy (non-hydrogen) atoms. The van der Waals surface area contributed by atoms with Crippen molar-refractivity contribution in [1.29, 1.82) is 0 Å². The fourth-order valence-corrected chi connectivity index (χ4v) is 2.77. The molecule has 0 atom stereocenters. The van der Waals surface area contributed by atoms with Crippen molar-refractivity contribution in [3.8, 4) is 0 Å². The van der Waals surface area contributed by atoms with Crippen LogP contribution in [0.3, 0.4) is 0 Å². The van der Waals surface area contributed by atoms with Crippen molar-refractivity contribution in [3.63, 3.8) is 0 Å². The van der Waals surface area contributed by atoms with Crippen LogP contribution in [0.5, 0.6) is 0 Å². The number of benzene rings is 2. The van der Waals surface area contributed by atoms with Gasteiger partial charge in [0.25, 0.3) is 0 Å². The first-order valence-corrected chi connectivity index (χ1v) is 7.39. The van der Waals surface area contributed by atoms with Crippen LogP contribution in [-0.4, -0.2) is 19.2 Å². The molecule has 0 fully saturated rings. The summed E-state index contributed by atoms with van der Waals surface area (Å²) in [6.45, 7) is 0.364. The standard InChI is InChI=1S/C16H12ClN5O/c17-11-6-7-12-13(8-11)22-15(14(18)19-12)20-21(16(22)23)9-10-4-2-1-3-5-10/h1-8H,9H2,(H2,18,19). The van der Waals surface area contributed by atoms with Gasteiger partial charge in [0.1, 0.15) is 0 Å². The van der Waals surface area contributed by atoms with E-state index in [9.17, 15) is 4.79 Å². The molecule has 6 nitrogen and oxygen atoms in total. The number of anilines is 1. The minimum atomic E-state index is -0.273. The van der Waals surface area contributed by atoms with Crippen LogP contribution in [0.1, 0.15) is 5.56 Å². The first-order chi connectivity index (χ1) is 11.1. The van der Waals surface area contributed by atoms with Gasteiger partial charge < -0.3 is 5.73 Å². The molecule has 2 aromatic heterocycles. The minimum absolute atomic E-state index is 0.212. The minimum Gasteiger partial charge on any atom is -0.381 e. The lowest BCUT2D eigenvalue weighted by Gasteiger charge is -2.02. The zero-order valence-corrected chi connectivity index (χ0v) is 12.7. The molecule has 0 aliphatic carbocycles. The fraction of sp³-hybridized carbons (Fsp3) is 0.0625. The van der Waals surface area contributed by atoms with Gasteiger partial charge in [0.05, 0.1) is 17.6 Å². The maximum atomic E-state index is 12.7. The van der Waals surface area contributed by atoms with Crippen LogP contribution >= 0.6 is 11.6 Å². The summed E-state index contributed by atoms with van der Waals surface area (Å²) in [5, 5.41) is 4.84. The van der Waals surface area contributed by atoms with Crippen LogP contribution in [0.4, 0.5) is 5.82 Å². The largest absolute Gasteiger partial charge is 0.381 e. The van der Waals surface area contributed by atoms with Crippen molar-refractivity contribution < 1.29 is 0 Å². The molecule has 0 unspecified atom stereocenters. The van der Waals surface area contributed by atoms with Gasteiger partial charge in [0.15, 0.2) is 5.82 Å². The highest BCUT2D eigenvalue weighted by Crippen LogP contribution is 2.20. The zero-order valence-electron chi connectivity index (χ0n) is 12.0. The lowest BCUT2D eigenvalue weighted by molar-refractivity contribution is 0.660. The Labute approximate surface area is 135 Å². The van der Waals surface area contributed by atoms with Crippen molar-refractivity contribution in [1.82, 2.24) is 19.2 Å². The Morgan fingerprint density at radius 2 is 1.91 bits per heavy atom. The van der Waals surface area contributed by atoms with Crippen molar-refractivity contribution >= 4 is 34.1 Å². The van der Waals surface area contributed by atoms with E-state index in [1.807, 2.05) is 30.3 Å². The summed E-state index contributed by atoms with van der Waals surface area (Å²) in [6, 6.07) is 14.8. The van der Waals surface area contributed by atoms with Gasteiger partial charge in [-0.3, -0.25) is 0 Å². The van der Waals surface area contributed by atoms with E-state index in [1.165, 1.54) is 9.08 Å². The highest BCUT2D eigenvalue weighted by Gasteiger charge is 2.14. The number of hydrogen-bond acceptors (Lipinski definition) is 4. The quantitative estimate of drug-likeness (QED) is 0.613. The molecule has 2 aromatic carbocycles. The van der Waals surface area contributed by atoms with Crippen molar-refractivity contribution in [3.05, 3.63) is 69.6 Å². The number of fused-ring (bicyclic) bond motifs is 3. The summed E-state index contributed by atoms with van der Waals surface area (Å²) in [5.41, 5.74) is 8.18. The van der Waals surface area contributed by atoms with Crippen LogP contribution in [0.2, 0.25) is 5.02 Å². The van der Waals surface area contributed by atoms with Gasteiger partial charge in [-0.1, -0.05) is 41.9 Å². The number of halogens is 1. The Hall–Kier alpha value is -2.86. The first-order valence-electron chi connectivity index (χ1n) is 7.02. The summed E-state index contributed by atoms with van der Waals surface area (Å²) in [6.07, 6.45) is 0. The smallest absolute Gasteiger partial charge is 0.351 e. The first kappa shape index (κ1) is 13.8. The highest BCUT2D eigenvalue weighted by atomic mass is 35.5. The number of nitrogens with zero attached hydrogens (tertiary/aromatic N) is 4. The van der Waals surface area contributed by atoms with Gasteiger partial charge in [0.2, 0.25) is 5.65 Å². The van der Waals surface area contributed by atoms with E-state index in [-0.39, 0.29) is 11.5 Å². The molecule has 0 aliphatic rings.